The number of thiazole rings is 1. The number of nitrogens with one attached hydrogen (secondary N) is 2. The van der Waals surface area contributed by atoms with Crippen LogP contribution in [0, 0.1) is 6.92 Å². The number of carbonyl (C=O) groups excluding carboxylic acids is 2. The number of esters is 1. The van der Waals surface area contributed by atoms with E-state index >= 15 is 0 Å². The summed E-state index contributed by atoms with van der Waals surface area (Å²) < 4.78 is 31.8. The molecular weight excluding hydrogens is 390 g/mol. The van der Waals surface area contributed by atoms with Crippen LogP contribution in [-0.2, 0) is 14.8 Å². The van der Waals surface area contributed by atoms with Crippen LogP contribution in [0.2, 0.25) is 0 Å². The molecule has 0 unspecified atom stereocenters. The molecule has 0 aliphatic heterocycles. The van der Waals surface area contributed by atoms with E-state index in [9.17, 15) is 18.0 Å². The van der Waals surface area contributed by atoms with E-state index in [0.29, 0.717) is 10.6 Å². The number of rotatable bonds is 5. The zero-order chi connectivity index (χ0) is 20.4. The number of nitrogens with zero attached hydrogens (tertiary/aromatic N) is 1. The number of carbonyl (C=O) groups is 2. The molecule has 1 amide bonds. The normalized spacial score (nSPS) is 11.9. The van der Waals surface area contributed by atoms with Gasteiger partial charge < -0.3 is 4.74 Å². The molecular formula is C17H21N3O5S2. The molecule has 0 spiro atoms. The Morgan fingerprint density at radius 1 is 1.15 bits per heavy atom. The zero-order valence-corrected chi connectivity index (χ0v) is 17.2. The van der Waals surface area contributed by atoms with Gasteiger partial charge in [0, 0.05) is 11.1 Å². The highest BCUT2D eigenvalue weighted by Gasteiger charge is 2.22. The predicted octanol–water partition coefficient (Wildman–Crippen LogP) is 2.57. The van der Waals surface area contributed by atoms with Crippen LogP contribution in [0.15, 0.2) is 29.2 Å². The van der Waals surface area contributed by atoms with Crippen LogP contribution in [-0.4, -0.2) is 37.9 Å². The van der Waals surface area contributed by atoms with Gasteiger partial charge >= 0.3 is 5.97 Å². The third-order valence-corrected chi connectivity index (χ3v) is 6.08. The molecule has 1 aromatic heterocycles. The Balaban J connectivity index is 2.16. The standard InChI is InChI=1S/C17H21N3O5S2/c1-10-13(15(22)25-5)26-16(18-10)19-14(21)11-6-8-12(9-7-11)27(23,24)20-17(2,3)4/h6-9,20H,1-5H3,(H,18,19,21). The lowest BCUT2D eigenvalue weighted by molar-refractivity contribution is 0.0605. The van der Waals surface area contributed by atoms with Gasteiger partial charge in [-0.3, -0.25) is 10.1 Å². The van der Waals surface area contributed by atoms with Crippen LogP contribution in [0.1, 0.15) is 46.5 Å². The van der Waals surface area contributed by atoms with E-state index in [0.717, 1.165) is 11.3 Å². The van der Waals surface area contributed by atoms with Crippen molar-refractivity contribution in [1.82, 2.24) is 9.71 Å². The monoisotopic (exact) mass is 411 g/mol. The minimum absolute atomic E-state index is 0.0621. The van der Waals surface area contributed by atoms with Gasteiger partial charge in [0.1, 0.15) is 4.88 Å². The summed E-state index contributed by atoms with van der Waals surface area (Å²) >= 11 is 1.01. The first-order valence-electron chi connectivity index (χ1n) is 7.94. The maximum Gasteiger partial charge on any atom is 0.350 e. The number of amides is 1. The molecule has 0 atom stereocenters. The molecule has 2 N–H and O–H groups in total. The molecule has 2 aromatic rings. The van der Waals surface area contributed by atoms with Crippen LogP contribution in [0.5, 0.6) is 0 Å². The van der Waals surface area contributed by atoms with Crippen LogP contribution in [0.25, 0.3) is 0 Å². The van der Waals surface area contributed by atoms with Gasteiger partial charge in [0.05, 0.1) is 17.7 Å². The molecule has 0 fully saturated rings. The first-order chi connectivity index (χ1) is 12.4. The van der Waals surface area contributed by atoms with Gasteiger partial charge in [-0.2, -0.15) is 0 Å². The average molecular weight is 412 g/mol. The van der Waals surface area contributed by atoms with Gasteiger partial charge in [0.25, 0.3) is 5.91 Å². The summed E-state index contributed by atoms with van der Waals surface area (Å²) in [5, 5.41) is 2.84. The molecule has 0 saturated carbocycles. The smallest absolute Gasteiger partial charge is 0.350 e. The SMILES string of the molecule is COC(=O)c1sc(NC(=O)c2ccc(S(=O)(=O)NC(C)(C)C)cc2)nc1C. The second-order valence-electron chi connectivity index (χ2n) is 6.76. The van der Waals surface area contributed by atoms with Gasteiger partial charge in [-0.15, -0.1) is 0 Å². The second kappa shape index (κ2) is 7.75. The highest BCUT2D eigenvalue weighted by Crippen LogP contribution is 2.24. The first kappa shape index (κ1) is 21.0. The quantitative estimate of drug-likeness (QED) is 0.731. The van der Waals surface area contributed by atoms with Crippen LogP contribution in [0.4, 0.5) is 5.13 Å². The molecule has 0 saturated heterocycles. The van der Waals surface area contributed by atoms with Crippen molar-refractivity contribution in [1.29, 1.82) is 0 Å². The molecule has 2 rings (SSSR count). The fraction of sp³-hybridized carbons (Fsp3) is 0.353. The van der Waals surface area contributed by atoms with Crippen LogP contribution >= 0.6 is 11.3 Å². The van der Waals surface area contributed by atoms with Crippen molar-refractivity contribution < 1.29 is 22.7 Å². The highest BCUT2D eigenvalue weighted by molar-refractivity contribution is 7.89. The number of sulfonamides is 1. The van der Waals surface area contributed by atoms with Crippen LogP contribution in [0.3, 0.4) is 0 Å². The fourth-order valence-corrected chi connectivity index (χ4v) is 4.45. The number of aromatic nitrogens is 1. The van der Waals surface area contributed by atoms with Crippen molar-refractivity contribution in [2.24, 2.45) is 0 Å². The number of aryl methyl sites for hydroxylation is 1. The zero-order valence-electron chi connectivity index (χ0n) is 15.6. The summed E-state index contributed by atoms with van der Waals surface area (Å²) in [6, 6.07) is 5.54. The van der Waals surface area contributed by atoms with Crippen molar-refractivity contribution in [3.63, 3.8) is 0 Å². The summed E-state index contributed by atoms with van der Waals surface area (Å²) in [5.41, 5.74) is 0.101. The third kappa shape index (κ3) is 5.34. The van der Waals surface area contributed by atoms with Gasteiger partial charge in [-0.1, -0.05) is 11.3 Å². The highest BCUT2D eigenvalue weighted by atomic mass is 32.2. The molecule has 0 aliphatic rings. The molecule has 8 nitrogen and oxygen atoms in total. The molecule has 0 aliphatic carbocycles. The average Bonchev–Trinajstić information content (AvgIpc) is 2.92. The summed E-state index contributed by atoms with van der Waals surface area (Å²) in [7, 11) is -2.41. The van der Waals surface area contributed by atoms with E-state index in [1.807, 2.05) is 0 Å². The van der Waals surface area contributed by atoms with E-state index in [1.165, 1.54) is 31.4 Å². The van der Waals surface area contributed by atoms with Gasteiger partial charge in [-0.25, -0.2) is 22.9 Å². The summed E-state index contributed by atoms with van der Waals surface area (Å²) in [6.07, 6.45) is 0. The lowest BCUT2D eigenvalue weighted by Crippen LogP contribution is -2.40. The van der Waals surface area contributed by atoms with E-state index < -0.39 is 27.4 Å². The van der Waals surface area contributed by atoms with Crippen molar-refractivity contribution in [3.05, 3.63) is 40.4 Å². The Hall–Kier alpha value is -2.30. The Bertz CT molecular complexity index is 957. The molecule has 146 valence electrons. The van der Waals surface area contributed by atoms with E-state index in [4.69, 9.17) is 0 Å². The van der Waals surface area contributed by atoms with Crippen molar-refractivity contribution in [2.75, 3.05) is 12.4 Å². The summed E-state index contributed by atoms with van der Waals surface area (Å²) in [4.78, 5) is 28.4. The Morgan fingerprint density at radius 2 is 1.74 bits per heavy atom. The van der Waals surface area contributed by atoms with E-state index in [2.05, 4.69) is 19.8 Å². The molecule has 1 heterocycles. The lowest BCUT2D eigenvalue weighted by atomic mass is 10.1. The Kier molecular flexibility index (Phi) is 6.03. The third-order valence-electron chi connectivity index (χ3n) is 3.26. The van der Waals surface area contributed by atoms with Crippen molar-refractivity contribution in [3.8, 4) is 0 Å². The summed E-state index contributed by atoms with van der Waals surface area (Å²) in [6.45, 7) is 6.86. The number of ether oxygens (including phenoxy) is 1. The van der Waals surface area contributed by atoms with Crippen LogP contribution < -0.4 is 10.0 Å². The van der Waals surface area contributed by atoms with Crippen molar-refractivity contribution >= 4 is 38.4 Å². The number of hydrogen-bond acceptors (Lipinski definition) is 7. The largest absolute Gasteiger partial charge is 0.465 e. The van der Waals surface area contributed by atoms with Gasteiger partial charge in [0.15, 0.2) is 5.13 Å². The number of hydrogen-bond donors (Lipinski definition) is 2. The maximum atomic E-state index is 12.3. The van der Waals surface area contributed by atoms with E-state index in [1.54, 1.807) is 27.7 Å². The fourth-order valence-electron chi connectivity index (χ4n) is 2.15. The predicted molar refractivity (Wildman–Crippen MR) is 103 cm³/mol. The molecule has 1 aromatic carbocycles. The Morgan fingerprint density at radius 3 is 2.26 bits per heavy atom. The topological polar surface area (TPSA) is 114 Å². The second-order valence-corrected chi connectivity index (χ2v) is 9.44. The minimum atomic E-state index is -3.68. The number of anilines is 1. The number of methoxy groups -OCH3 is 1. The minimum Gasteiger partial charge on any atom is -0.465 e. The number of benzene rings is 1. The Labute approximate surface area is 162 Å². The van der Waals surface area contributed by atoms with Crippen molar-refractivity contribution in [2.45, 2.75) is 38.1 Å². The lowest BCUT2D eigenvalue weighted by Gasteiger charge is -2.20. The first-order valence-corrected chi connectivity index (χ1v) is 10.2. The molecule has 0 radical (unpaired) electrons. The summed E-state index contributed by atoms with van der Waals surface area (Å²) in [5.74, 6) is -0.987. The van der Waals surface area contributed by atoms with Gasteiger partial charge in [0.2, 0.25) is 10.0 Å². The molecule has 10 heteroatoms. The maximum absolute atomic E-state index is 12.3. The van der Waals surface area contributed by atoms with E-state index in [-0.39, 0.29) is 15.6 Å². The molecule has 27 heavy (non-hydrogen) atoms. The van der Waals surface area contributed by atoms with Gasteiger partial charge in [-0.05, 0) is 52.0 Å². The molecule has 0 bridgehead atoms.